The van der Waals surface area contributed by atoms with Crippen LogP contribution in [0.5, 0.6) is 0 Å². The van der Waals surface area contributed by atoms with E-state index in [1.165, 1.54) is 24.2 Å². The third-order valence-electron chi connectivity index (χ3n) is 7.30. The Hall–Kier alpha value is -4.26. The molecule has 1 heterocycles. The molecule has 0 radical (unpaired) electrons. The van der Waals surface area contributed by atoms with Crippen LogP contribution in [-0.4, -0.2) is 28.8 Å². The summed E-state index contributed by atoms with van der Waals surface area (Å²) in [6, 6.07) is 17.7. The summed E-state index contributed by atoms with van der Waals surface area (Å²) in [6.45, 7) is -1.29. The van der Waals surface area contributed by atoms with Crippen molar-refractivity contribution in [2.24, 2.45) is 13.0 Å². The summed E-state index contributed by atoms with van der Waals surface area (Å²) in [5.41, 5.74) is 3.76. The zero-order valence-corrected chi connectivity index (χ0v) is 22.1. The number of esters is 1. The number of hydrogen-bond acceptors (Lipinski definition) is 4. The standard InChI is InChI=1S/C32H32FN3O3/c1-35-30-15-14-24(18-27(30)20-34-35)25-12-13-26(29(33)19-25)21-36(32(38)23-8-4-3-5-9-23)28-10-6-7-22(17-28)11-16-31(37)39-2/h6-7,10-20,23H,3-5,8-9,21H2,1-2H3/b16-11+/i21D/t21-/m0/s1. The van der Waals surface area contributed by atoms with Crippen molar-refractivity contribution in [1.82, 2.24) is 9.78 Å². The number of nitrogens with zero attached hydrogens (tertiary/aromatic N) is 3. The molecule has 39 heavy (non-hydrogen) atoms. The van der Waals surface area contributed by atoms with Gasteiger partial charge in [-0.1, -0.05) is 49.6 Å². The van der Waals surface area contributed by atoms with E-state index < -0.39 is 18.3 Å². The summed E-state index contributed by atoms with van der Waals surface area (Å²) in [5.74, 6) is -1.44. The molecule has 0 spiro atoms. The number of methoxy groups -OCH3 is 1. The summed E-state index contributed by atoms with van der Waals surface area (Å²) in [5, 5.41) is 5.22. The maximum atomic E-state index is 15.7. The van der Waals surface area contributed by atoms with Crippen molar-refractivity contribution in [3.63, 3.8) is 0 Å². The average molecular weight is 527 g/mol. The van der Waals surface area contributed by atoms with E-state index in [-0.39, 0.29) is 17.4 Å². The molecule has 1 aliphatic carbocycles. The number of carbonyl (C=O) groups excluding carboxylic acids is 2. The third-order valence-corrected chi connectivity index (χ3v) is 7.30. The molecule has 0 bridgehead atoms. The molecule has 0 aliphatic heterocycles. The van der Waals surface area contributed by atoms with Gasteiger partial charge in [0.2, 0.25) is 5.91 Å². The first-order valence-corrected chi connectivity index (χ1v) is 13.2. The number of fused-ring (bicyclic) bond motifs is 1. The van der Waals surface area contributed by atoms with Crippen molar-refractivity contribution in [2.75, 3.05) is 12.0 Å². The molecule has 200 valence electrons. The molecule has 1 fully saturated rings. The van der Waals surface area contributed by atoms with Gasteiger partial charge in [-0.2, -0.15) is 5.10 Å². The Kier molecular flexibility index (Phi) is 7.47. The first-order valence-electron chi connectivity index (χ1n) is 13.8. The fourth-order valence-electron chi connectivity index (χ4n) is 5.12. The summed E-state index contributed by atoms with van der Waals surface area (Å²) in [6.07, 6.45) is 9.16. The van der Waals surface area contributed by atoms with Crippen LogP contribution in [0.25, 0.3) is 28.1 Å². The van der Waals surface area contributed by atoms with Gasteiger partial charge in [0.25, 0.3) is 0 Å². The van der Waals surface area contributed by atoms with Gasteiger partial charge in [0.05, 0.1) is 26.7 Å². The van der Waals surface area contributed by atoms with Gasteiger partial charge >= 0.3 is 5.97 Å². The number of benzene rings is 3. The monoisotopic (exact) mass is 526 g/mol. The molecule has 1 aromatic heterocycles. The zero-order chi connectivity index (χ0) is 28.2. The molecular weight excluding hydrogens is 493 g/mol. The summed E-state index contributed by atoms with van der Waals surface area (Å²) < 4.78 is 31.2. The summed E-state index contributed by atoms with van der Waals surface area (Å²) in [7, 11) is 3.17. The van der Waals surface area contributed by atoms with E-state index in [4.69, 9.17) is 1.37 Å². The number of amides is 1. The van der Waals surface area contributed by atoms with Crippen LogP contribution in [-0.2, 0) is 27.9 Å². The Morgan fingerprint density at radius 2 is 1.87 bits per heavy atom. The molecule has 6 nitrogen and oxygen atoms in total. The van der Waals surface area contributed by atoms with E-state index >= 15 is 4.39 Å². The van der Waals surface area contributed by atoms with Crippen molar-refractivity contribution in [3.8, 4) is 11.1 Å². The minimum atomic E-state index is -1.29. The van der Waals surface area contributed by atoms with E-state index in [9.17, 15) is 9.59 Å². The number of anilines is 1. The second-order valence-electron chi connectivity index (χ2n) is 9.90. The summed E-state index contributed by atoms with van der Waals surface area (Å²) in [4.78, 5) is 26.8. The van der Waals surface area contributed by atoms with Crippen LogP contribution in [0.15, 0.2) is 72.9 Å². The Labute approximate surface area is 229 Å². The van der Waals surface area contributed by atoms with Crippen LogP contribution in [0.4, 0.5) is 10.1 Å². The second-order valence-corrected chi connectivity index (χ2v) is 9.90. The van der Waals surface area contributed by atoms with Crippen LogP contribution in [0, 0.1) is 11.7 Å². The highest BCUT2D eigenvalue weighted by molar-refractivity contribution is 5.95. The lowest BCUT2D eigenvalue weighted by Gasteiger charge is -2.30. The number of carbonyl (C=O) groups is 2. The van der Waals surface area contributed by atoms with E-state index in [2.05, 4.69) is 9.84 Å². The Bertz CT molecular complexity index is 1570. The van der Waals surface area contributed by atoms with Gasteiger partial charge in [0.15, 0.2) is 0 Å². The predicted molar refractivity (Wildman–Crippen MR) is 151 cm³/mol. The van der Waals surface area contributed by atoms with E-state index in [1.807, 2.05) is 25.2 Å². The molecule has 0 unspecified atom stereocenters. The number of hydrogen-bond donors (Lipinski definition) is 0. The van der Waals surface area contributed by atoms with Crippen molar-refractivity contribution in [2.45, 2.75) is 38.6 Å². The number of aromatic nitrogens is 2. The molecule has 0 N–H and O–H groups in total. The molecule has 1 atom stereocenters. The van der Waals surface area contributed by atoms with Crippen LogP contribution in [0.3, 0.4) is 0 Å². The highest BCUT2D eigenvalue weighted by atomic mass is 19.1. The molecule has 1 saturated carbocycles. The van der Waals surface area contributed by atoms with Crippen LogP contribution < -0.4 is 4.90 Å². The average Bonchev–Trinajstić information content (AvgIpc) is 3.36. The van der Waals surface area contributed by atoms with E-state index in [1.54, 1.807) is 53.4 Å². The SMILES string of the molecule is [2H][C@@H](c1ccc(-c2ccc3c(cnn3C)c2)cc1F)N(C(=O)C1CCCCC1)c1cccc(/C=C/C(=O)OC)c1. The molecule has 3 aromatic carbocycles. The Morgan fingerprint density at radius 1 is 1.10 bits per heavy atom. The lowest BCUT2D eigenvalue weighted by Crippen LogP contribution is -2.37. The third kappa shape index (κ3) is 5.93. The normalized spacial score (nSPS) is 15.3. The van der Waals surface area contributed by atoms with Gasteiger partial charge in [-0.25, -0.2) is 9.18 Å². The molecule has 0 saturated heterocycles. The molecule has 1 amide bonds. The topological polar surface area (TPSA) is 64.4 Å². The minimum absolute atomic E-state index is 0.117. The predicted octanol–water partition coefficient (Wildman–Crippen LogP) is 6.68. The van der Waals surface area contributed by atoms with E-state index in [0.717, 1.165) is 48.6 Å². The molecule has 7 heteroatoms. The Morgan fingerprint density at radius 3 is 2.64 bits per heavy atom. The van der Waals surface area contributed by atoms with Crippen molar-refractivity contribution < 1.29 is 20.1 Å². The highest BCUT2D eigenvalue weighted by Crippen LogP contribution is 2.31. The Balaban J connectivity index is 1.49. The lowest BCUT2D eigenvalue weighted by molar-refractivity contribution is -0.134. The van der Waals surface area contributed by atoms with Gasteiger partial charge in [0, 0.05) is 35.7 Å². The van der Waals surface area contributed by atoms with Crippen LogP contribution in [0.2, 0.25) is 0 Å². The highest BCUT2D eigenvalue weighted by Gasteiger charge is 2.28. The van der Waals surface area contributed by atoms with Crippen molar-refractivity contribution in [3.05, 3.63) is 89.9 Å². The first kappa shape index (κ1) is 25.0. The van der Waals surface area contributed by atoms with E-state index in [0.29, 0.717) is 16.8 Å². The van der Waals surface area contributed by atoms with Crippen LogP contribution in [0.1, 0.15) is 44.6 Å². The number of halogens is 1. The summed E-state index contributed by atoms with van der Waals surface area (Å²) >= 11 is 0. The van der Waals surface area contributed by atoms with Gasteiger partial charge in [0.1, 0.15) is 5.82 Å². The van der Waals surface area contributed by atoms with Crippen LogP contribution >= 0.6 is 0 Å². The number of rotatable bonds is 7. The maximum Gasteiger partial charge on any atom is 0.330 e. The fourth-order valence-corrected chi connectivity index (χ4v) is 5.12. The lowest BCUT2D eigenvalue weighted by atomic mass is 9.88. The molecule has 4 aromatic rings. The number of ether oxygens (including phenoxy) is 1. The first-order chi connectivity index (χ1) is 19.4. The van der Waals surface area contributed by atoms with Gasteiger partial charge < -0.3 is 9.64 Å². The van der Waals surface area contributed by atoms with Gasteiger partial charge in [-0.15, -0.1) is 0 Å². The van der Waals surface area contributed by atoms with Gasteiger partial charge in [-0.3, -0.25) is 9.48 Å². The maximum absolute atomic E-state index is 15.7. The molecule has 5 rings (SSSR count). The van der Waals surface area contributed by atoms with Gasteiger partial charge in [-0.05, 0) is 65.9 Å². The zero-order valence-electron chi connectivity index (χ0n) is 23.1. The van der Waals surface area contributed by atoms with Crippen molar-refractivity contribution in [1.29, 1.82) is 0 Å². The fraction of sp³-hybridized carbons (Fsp3) is 0.281. The minimum Gasteiger partial charge on any atom is -0.466 e. The molecule has 1 aliphatic rings. The van der Waals surface area contributed by atoms with Crippen molar-refractivity contribution >= 4 is 34.5 Å². The quantitative estimate of drug-likeness (QED) is 0.199. The number of aryl methyl sites for hydroxylation is 1. The smallest absolute Gasteiger partial charge is 0.330 e. The molecular formula is C32H32FN3O3. The second kappa shape index (κ2) is 11.6. The largest absolute Gasteiger partial charge is 0.466 e.